The second-order valence-corrected chi connectivity index (χ2v) is 10.5. The average molecular weight is 545 g/mol. The Balaban J connectivity index is 0. The molecule has 0 aliphatic carbocycles. The Morgan fingerprint density at radius 3 is 0.895 bits per heavy atom. The predicted molar refractivity (Wildman–Crippen MR) is 158 cm³/mol. The summed E-state index contributed by atoms with van der Waals surface area (Å²) in [6, 6.07) is 0. The van der Waals surface area contributed by atoms with Crippen molar-refractivity contribution in [2.24, 2.45) is 0 Å². The maximum Gasteiger partial charge on any atom is 0.305 e. The molecular formula is C32H64O6. The molecule has 0 saturated heterocycles. The van der Waals surface area contributed by atoms with Gasteiger partial charge in [-0.3, -0.25) is 9.59 Å². The van der Waals surface area contributed by atoms with E-state index in [-0.39, 0.29) is 38.4 Å². The lowest BCUT2D eigenvalue weighted by molar-refractivity contribution is -0.152. The van der Waals surface area contributed by atoms with Crippen molar-refractivity contribution in [1.29, 1.82) is 0 Å². The van der Waals surface area contributed by atoms with Crippen molar-refractivity contribution in [1.82, 2.24) is 0 Å². The van der Waals surface area contributed by atoms with Gasteiger partial charge in [0.1, 0.15) is 13.2 Å². The number of esters is 2. The van der Waals surface area contributed by atoms with Crippen molar-refractivity contribution in [2.45, 2.75) is 168 Å². The van der Waals surface area contributed by atoms with Gasteiger partial charge in [0.2, 0.25) is 0 Å². The Labute approximate surface area is 235 Å². The summed E-state index contributed by atoms with van der Waals surface area (Å²) in [5.41, 5.74) is 0. The third kappa shape index (κ3) is 37.0. The number of ether oxygens (including phenoxy) is 2. The molecule has 0 rings (SSSR count). The van der Waals surface area contributed by atoms with Crippen LogP contribution in [0.2, 0.25) is 0 Å². The van der Waals surface area contributed by atoms with E-state index in [1.807, 2.05) is 0 Å². The van der Waals surface area contributed by atoms with E-state index in [4.69, 9.17) is 19.7 Å². The first kappa shape index (κ1) is 39.0. The molecule has 0 saturated carbocycles. The molecule has 0 atom stereocenters. The van der Waals surface area contributed by atoms with Crippen molar-refractivity contribution >= 4 is 11.9 Å². The van der Waals surface area contributed by atoms with Gasteiger partial charge in [-0.15, -0.1) is 0 Å². The molecule has 0 heterocycles. The van der Waals surface area contributed by atoms with Crippen LogP contribution < -0.4 is 0 Å². The van der Waals surface area contributed by atoms with E-state index in [1.165, 1.54) is 116 Å². The monoisotopic (exact) mass is 544 g/mol. The fourth-order valence-corrected chi connectivity index (χ4v) is 4.32. The Morgan fingerprint density at radius 1 is 0.421 bits per heavy atom. The van der Waals surface area contributed by atoms with E-state index in [0.717, 1.165) is 25.7 Å². The van der Waals surface area contributed by atoms with Crippen LogP contribution in [-0.2, 0) is 19.1 Å². The molecule has 0 spiro atoms. The third-order valence-electron chi connectivity index (χ3n) is 6.68. The van der Waals surface area contributed by atoms with Crippen LogP contribution in [0.1, 0.15) is 168 Å². The number of carbonyl (C=O) groups excluding carboxylic acids is 2. The standard InChI is InChI=1S/C30H58O4.C2H6O2/c1-3-5-7-9-11-13-15-17-19-21-23-25-29(31)33-27-28-34-30(32)26-24-22-20-18-16-14-12-10-8-6-4-2;3-1-2-4/h3-28H2,1-2H3;3-4H,1-2H2. The van der Waals surface area contributed by atoms with Gasteiger partial charge in [-0.05, 0) is 12.8 Å². The molecule has 6 nitrogen and oxygen atoms in total. The highest BCUT2D eigenvalue weighted by Gasteiger charge is 2.06. The van der Waals surface area contributed by atoms with Gasteiger partial charge < -0.3 is 19.7 Å². The summed E-state index contributed by atoms with van der Waals surface area (Å²) in [7, 11) is 0. The number of unbranched alkanes of at least 4 members (excludes halogenated alkanes) is 20. The number of aliphatic hydroxyl groups excluding tert-OH is 2. The van der Waals surface area contributed by atoms with Crippen LogP contribution in [0.5, 0.6) is 0 Å². The van der Waals surface area contributed by atoms with Crippen LogP contribution >= 0.6 is 0 Å². The number of rotatable bonds is 28. The first-order valence-electron chi connectivity index (χ1n) is 16.1. The van der Waals surface area contributed by atoms with E-state index in [2.05, 4.69) is 13.8 Å². The second-order valence-electron chi connectivity index (χ2n) is 10.5. The third-order valence-corrected chi connectivity index (χ3v) is 6.68. The van der Waals surface area contributed by atoms with Crippen LogP contribution in [-0.4, -0.2) is 48.6 Å². The SMILES string of the molecule is CCCCCCCCCCCCCC(=O)OCCOC(=O)CCCCCCCCCCCCC.OCCO. The van der Waals surface area contributed by atoms with Gasteiger partial charge in [0.05, 0.1) is 13.2 Å². The molecule has 2 N–H and O–H groups in total. The van der Waals surface area contributed by atoms with Crippen LogP contribution in [0, 0.1) is 0 Å². The molecule has 0 amide bonds. The first-order valence-corrected chi connectivity index (χ1v) is 16.1. The summed E-state index contributed by atoms with van der Waals surface area (Å²) in [6.07, 6.45) is 28.9. The molecule has 0 aliphatic heterocycles. The Bertz CT molecular complexity index is 427. The van der Waals surface area contributed by atoms with Crippen molar-refractivity contribution in [2.75, 3.05) is 26.4 Å². The van der Waals surface area contributed by atoms with Gasteiger partial charge in [-0.1, -0.05) is 142 Å². The molecule has 0 aromatic heterocycles. The van der Waals surface area contributed by atoms with Gasteiger partial charge in [0.15, 0.2) is 0 Å². The predicted octanol–water partition coefficient (Wildman–Crippen LogP) is 8.45. The minimum Gasteiger partial charge on any atom is -0.462 e. The minimum atomic E-state index is -0.169. The summed E-state index contributed by atoms with van der Waals surface area (Å²) in [4.78, 5) is 23.5. The molecular weight excluding hydrogens is 480 g/mol. The Morgan fingerprint density at radius 2 is 0.658 bits per heavy atom. The van der Waals surface area contributed by atoms with Crippen molar-refractivity contribution in [3.05, 3.63) is 0 Å². The molecule has 38 heavy (non-hydrogen) atoms. The van der Waals surface area contributed by atoms with Crippen LogP contribution in [0.15, 0.2) is 0 Å². The van der Waals surface area contributed by atoms with Crippen LogP contribution in [0.4, 0.5) is 0 Å². The maximum absolute atomic E-state index is 11.8. The Hall–Kier alpha value is -1.14. The van der Waals surface area contributed by atoms with E-state index in [1.54, 1.807) is 0 Å². The topological polar surface area (TPSA) is 93.1 Å². The zero-order valence-corrected chi connectivity index (χ0v) is 25.3. The van der Waals surface area contributed by atoms with Gasteiger partial charge >= 0.3 is 11.9 Å². The van der Waals surface area contributed by atoms with Gasteiger partial charge in [0.25, 0.3) is 0 Å². The summed E-state index contributed by atoms with van der Waals surface area (Å²) < 4.78 is 10.4. The van der Waals surface area contributed by atoms with E-state index in [0.29, 0.717) is 12.8 Å². The average Bonchev–Trinajstić information content (AvgIpc) is 2.93. The quantitative estimate of drug-likeness (QED) is 0.0758. The highest BCUT2D eigenvalue weighted by molar-refractivity contribution is 5.70. The number of aliphatic hydroxyl groups is 2. The normalized spacial score (nSPS) is 10.6. The second kappa shape index (κ2) is 35.9. The molecule has 0 radical (unpaired) electrons. The van der Waals surface area contributed by atoms with Crippen molar-refractivity contribution < 1.29 is 29.3 Å². The molecule has 0 aliphatic rings. The molecule has 0 fully saturated rings. The molecule has 6 heteroatoms. The highest BCUT2D eigenvalue weighted by atomic mass is 16.6. The van der Waals surface area contributed by atoms with Gasteiger partial charge in [0, 0.05) is 12.8 Å². The van der Waals surface area contributed by atoms with E-state index in [9.17, 15) is 9.59 Å². The lowest BCUT2D eigenvalue weighted by Crippen LogP contribution is -2.13. The van der Waals surface area contributed by atoms with Crippen LogP contribution in [0.25, 0.3) is 0 Å². The molecule has 0 bridgehead atoms. The van der Waals surface area contributed by atoms with Gasteiger partial charge in [-0.25, -0.2) is 0 Å². The molecule has 228 valence electrons. The van der Waals surface area contributed by atoms with Gasteiger partial charge in [-0.2, -0.15) is 0 Å². The summed E-state index contributed by atoms with van der Waals surface area (Å²) in [6.45, 7) is 4.62. The molecule has 0 aromatic rings. The number of hydrogen-bond acceptors (Lipinski definition) is 6. The summed E-state index contributed by atoms with van der Waals surface area (Å²) >= 11 is 0. The fraction of sp³-hybridized carbons (Fsp3) is 0.938. The zero-order chi connectivity index (χ0) is 28.4. The Kier molecular flexibility index (Phi) is 36.8. The molecule has 0 unspecified atom stereocenters. The van der Waals surface area contributed by atoms with Crippen molar-refractivity contribution in [3.8, 4) is 0 Å². The smallest absolute Gasteiger partial charge is 0.305 e. The summed E-state index contributed by atoms with van der Waals surface area (Å²) in [5.74, 6) is -0.338. The van der Waals surface area contributed by atoms with E-state index >= 15 is 0 Å². The highest BCUT2D eigenvalue weighted by Crippen LogP contribution is 2.13. The van der Waals surface area contributed by atoms with E-state index < -0.39 is 0 Å². The number of carbonyl (C=O) groups is 2. The summed E-state index contributed by atoms with van der Waals surface area (Å²) in [5, 5.41) is 15.2. The zero-order valence-electron chi connectivity index (χ0n) is 25.3. The first-order chi connectivity index (χ1) is 18.6. The van der Waals surface area contributed by atoms with Crippen LogP contribution in [0.3, 0.4) is 0 Å². The number of hydrogen-bond donors (Lipinski definition) is 2. The maximum atomic E-state index is 11.8. The lowest BCUT2D eigenvalue weighted by atomic mass is 10.1. The van der Waals surface area contributed by atoms with Crippen molar-refractivity contribution in [3.63, 3.8) is 0 Å². The molecule has 0 aromatic carbocycles. The largest absolute Gasteiger partial charge is 0.462 e. The fourth-order valence-electron chi connectivity index (χ4n) is 4.32. The lowest BCUT2D eigenvalue weighted by Gasteiger charge is -2.07. The minimum absolute atomic E-state index is 0.125.